The van der Waals surface area contributed by atoms with Crippen LogP contribution >= 0.6 is 0 Å². The maximum Gasteiger partial charge on any atom is 0.302 e. The first-order chi connectivity index (χ1) is 13.4. The van der Waals surface area contributed by atoms with E-state index in [1.807, 2.05) is 4.90 Å². The van der Waals surface area contributed by atoms with E-state index in [2.05, 4.69) is 39.0 Å². The first-order valence-corrected chi connectivity index (χ1v) is 10.0. The lowest BCUT2D eigenvalue weighted by molar-refractivity contribution is -0.141. The number of pyridine rings is 1. The molecule has 0 N–H and O–H groups in total. The number of benzene rings is 1. The van der Waals surface area contributed by atoms with Crippen LogP contribution in [0.3, 0.4) is 0 Å². The van der Waals surface area contributed by atoms with Crippen LogP contribution < -0.4 is 0 Å². The van der Waals surface area contributed by atoms with E-state index in [1.165, 1.54) is 29.0 Å². The number of esters is 1. The van der Waals surface area contributed by atoms with Crippen molar-refractivity contribution in [2.75, 3.05) is 6.61 Å². The minimum atomic E-state index is -0.362. The van der Waals surface area contributed by atoms with Gasteiger partial charge >= 0.3 is 5.97 Å². The van der Waals surface area contributed by atoms with Crippen molar-refractivity contribution < 1.29 is 14.3 Å². The van der Waals surface area contributed by atoms with Crippen molar-refractivity contribution in [2.24, 2.45) is 0 Å². The number of nitrogens with zero attached hydrogens (tertiary/aromatic N) is 2. The van der Waals surface area contributed by atoms with Crippen LogP contribution in [0, 0.1) is 6.92 Å². The van der Waals surface area contributed by atoms with E-state index >= 15 is 0 Å². The van der Waals surface area contributed by atoms with Crippen LogP contribution in [-0.2, 0) is 27.3 Å². The molecule has 28 heavy (non-hydrogen) atoms. The number of carbonyl (C=O) groups is 2. The van der Waals surface area contributed by atoms with Gasteiger partial charge in [-0.3, -0.25) is 14.6 Å². The monoisotopic (exact) mass is 378 g/mol. The third-order valence-electron chi connectivity index (χ3n) is 6.00. The van der Waals surface area contributed by atoms with Crippen molar-refractivity contribution in [2.45, 2.75) is 59.5 Å². The minimum Gasteiger partial charge on any atom is -0.461 e. The second-order valence-electron chi connectivity index (χ2n) is 7.70. The number of fused-ring (bicyclic) bond motifs is 4. The molecule has 2 aromatic rings. The van der Waals surface area contributed by atoms with Crippen molar-refractivity contribution in [3.63, 3.8) is 0 Å². The number of ether oxygens (including phenoxy) is 1. The predicted octanol–water partition coefficient (Wildman–Crippen LogP) is 4.16. The molecule has 1 aromatic heterocycles. The fraction of sp³-hybridized carbons (Fsp3) is 0.435. The Hall–Kier alpha value is -2.69. The number of amides is 1. The molecule has 5 heteroatoms. The zero-order valence-electron chi connectivity index (χ0n) is 17.0. The van der Waals surface area contributed by atoms with E-state index < -0.39 is 0 Å². The predicted molar refractivity (Wildman–Crippen MR) is 108 cm³/mol. The van der Waals surface area contributed by atoms with Crippen LogP contribution in [-0.4, -0.2) is 28.4 Å². The van der Waals surface area contributed by atoms with Crippen molar-refractivity contribution in [3.05, 3.63) is 51.7 Å². The van der Waals surface area contributed by atoms with Crippen LogP contribution in [0.1, 0.15) is 62.0 Å². The van der Waals surface area contributed by atoms with Crippen LogP contribution in [0.15, 0.2) is 29.3 Å². The summed E-state index contributed by atoms with van der Waals surface area (Å²) >= 11 is 0. The molecule has 0 aliphatic carbocycles. The summed E-state index contributed by atoms with van der Waals surface area (Å²) in [6, 6.07) is 6.35. The lowest BCUT2D eigenvalue weighted by Crippen LogP contribution is -2.37. The second-order valence-corrected chi connectivity index (χ2v) is 7.70. The topological polar surface area (TPSA) is 59.5 Å². The van der Waals surface area contributed by atoms with E-state index in [0.717, 1.165) is 36.0 Å². The quantitative estimate of drug-likeness (QED) is 0.750. The molecule has 146 valence electrons. The van der Waals surface area contributed by atoms with Crippen molar-refractivity contribution in [3.8, 4) is 0 Å². The van der Waals surface area contributed by atoms with Crippen molar-refractivity contribution >= 4 is 22.8 Å². The summed E-state index contributed by atoms with van der Waals surface area (Å²) in [5, 5.41) is 1.19. The van der Waals surface area contributed by atoms with E-state index in [4.69, 9.17) is 9.72 Å². The van der Waals surface area contributed by atoms with Gasteiger partial charge in [0.1, 0.15) is 6.61 Å². The average molecular weight is 378 g/mol. The first-order valence-electron chi connectivity index (χ1n) is 10.0. The molecule has 0 radical (unpaired) electrons. The third kappa shape index (κ3) is 2.89. The number of aryl methyl sites for hydroxylation is 2. The van der Waals surface area contributed by atoms with Gasteiger partial charge in [0.05, 0.1) is 22.8 Å². The maximum absolute atomic E-state index is 13.3. The van der Waals surface area contributed by atoms with Gasteiger partial charge in [-0.15, -0.1) is 0 Å². The molecule has 4 rings (SSSR count). The Morgan fingerprint density at radius 3 is 2.75 bits per heavy atom. The molecule has 0 fully saturated rings. The van der Waals surface area contributed by atoms with Crippen LogP contribution in [0.5, 0.6) is 0 Å². The molecule has 1 unspecified atom stereocenters. The highest BCUT2D eigenvalue weighted by Gasteiger charge is 2.42. The third-order valence-corrected chi connectivity index (χ3v) is 6.00. The highest BCUT2D eigenvalue weighted by Crippen LogP contribution is 2.45. The first kappa shape index (κ1) is 18.7. The molecular weight excluding hydrogens is 352 g/mol. The summed E-state index contributed by atoms with van der Waals surface area (Å²) in [4.78, 5) is 31.4. The highest BCUT2D eigenvalue weighted by atomic mass is 16.5. The summed E-state index contributed by atoms with van der Waals surface area (Å²) in [6.07, 6.45) is 2.45. The molecule has 0 spiro atoms. The average Bonchev–Trinajstić information content (AvgIpc) is 3.03. The number of aromatic nitrogens is 1. The largest absolute Gasteiger partial charge is 0.461 e. The SMILES string of the molecule is CCC1=C(COC(C)=O)C(=O)N2Cc3c(nc4ccc(C)cc4c3CC)C2C1. The lowest BCUT2D eigenvalue weighted by Gasteiger charge is -2.32. The van der Waals surface area contributed by atoms with Gasteiger partial charge < -0.3 is 9.64 Å². The molecule has 3 heterocycles. The second kappa shape index (κ2) is 7.04. The normalized spacial score (nSPS) is 18.5. The molecule has 2 aliphatic rings. The zero-order chi connectivity index (χ0) is 20.0. The molecule has 0 bridgehead atoms. The maximum atomic E-state index is 13.3. The Kier molecular flexibility index (Phi) is 4.69. The number of hydrogen-bond donors (Lipinski definition) is 0. The molecule has 1 aromatic carbocycles. The lowest BCUT2D eigenvalue weighted by atomic mass is 9.90. The van der Waals surface area contributed by atoms with E-state index in [1.54, 1.807) is 0 Å². The van der Waals surface area contributed by atoms with Crippen LogP contribution in [0.4, 0.5) is 0 Å². The summed E-state index contributed by atoms with van der Waals surface area (Å²) in [6.45, 7) is 8.33. The van der Waals surface area contributed by atoms with Crippen LogP contribution in [0.2, 0.25) is 0 Å². The Labute approximate surface area is 165 Å². The van der Waals surface area contributed by atoms with Crippen molar-refractivity contribution in [1.82, 2.24) is 9.88 Å². The standard InChI is InChI=1S/C23H26N2O3/c1-5-15-10-21-22-18(11-25(21)23(27)19(15)12-28-14(4)26)16(6-2)17-9-13(3)7-8-20(17)24-22/h7-9,21H,5-6,10-12H2,1-4H3. The van der Waals surface area contributed by atoms with Gasteiger partial charge in [0.25, 0.3) is 5.91 Å². The van der Waals surface area contributed by atoms with Gasteiger partial charge in [0, 0.05) is 18.9 Å². The Morgan fingerprint density at radius 1 is 1.29 bits per heavy atom. The molecule has 0 saturated carbocycles. The fourth-order valence-corrected chi connectivity index (χ4v) is 4.58. The number of hydrogen-bond acceptors (Lipinski definition) is 4. The Bertz CT molecular complexity index is 1020. The minimum absolute atomic E-state index is 0.0189. The van der Waals surface area contributed by atoms with Gasteiger partial charge in [-0.05, 0) is 49.4 Å². The summed E-state index contributed by atoms with van der Waals surface area (Å²) < 4.78 is 5.17. The van der Waals surface area contributed by atoms with Crippen LogP contribution in [0.25, 0.3) is 10.9 Å². The Balaban J connectivity index is 1.80. The van der Waals surface area contributed by atoms with Crippen molar-refractivity contribution in [1.29, 1.82) is 0 Å². The van der Waals surface area contributed by atoms with Gasteiger partial charge in [-0.1, -0.05) is 31.1 Å². The molecule has 0 saturated heterocycles. The Morgan fingerprint density at radius 2 is 2.07 bits per heavy atom. The highest BCUT2D eigenvalue weighted by molar-refractivity contribution is 5.97. The zero-order valence-corrected chi connectivity index (χ0v) is 17.0. The molecule has 5 nitrogen and oxygen atoms in total. The molecule has 1 amide bonds. The van der Waals surface area contributed by atoms with E-state index in [9.17, 15) is 9.59 Å². The molecular formula is C23H26N2O3. The molecule has 1 atom stereocenters. The van der Waals surface area contributed by atoms with Gasteiger partial charge in [0.2, 0.25) is 0 Å². The van der Waals surface area contributed by atoms with E-state index in [-0.39, 0.29) is 24.5 Å². The summed E-state index contributed by atoms with van der Waals surface area (Å²) in [5.74, 6) is -0.381. The summed E-state index contributed by atoms with van der Waals surface area (Å²) in [5.41, 5.74) is 7.47. The fourth-order valence-electron chi connectivity index (χ4n) is 4.58. The molecule has 2 aliphatic heterocycles. The van der Waals surface area contributed by atoms with Gasteiger partial charge in [-0.25, -0.2) is 0 Å². The summed E-state index contributed by atoms with van der Waals surface area (Å²) in [7, 11) is 0. The van der Waals surface area contributed by atoms with Gasteiger partial charge in [0.15, 0.2) is 0 Å². The van der Waals surface area contributed by atoms with Gasteiger partial charge in [-0.2, -0.15) is 0 Å². The smallest absolute Gasteiger partial charge is 0.302 e. The van der Waals surface area contributed by atoms with E-state index in [0.29, 0.717) is 12.1 Å². The number of rotatable bonds is 4. The number of carbonyl (C=O) groups excluding carboxylic acids is 2.